The monoisotopic (exact) mass is 577 g/mol. The Hall–Kier alpha value is -3.76. The van der Waals surface area contributed by atoms with E-state index >= 15 is 0 Å². The Balaban J connectivity index is 1.60. The van der Waals surface area contributed by atoms with Crippen LogP contribution in [0.15, 0.2) is 60.7 Å². The molecule has 0 saturated carbocycles. The van der Waals surface area contributed by atoms with Crippen LogP contribution in [0.5, 0.6) is 0 Å². The van der Waals surface area contributed by atoms with Crippen molar-refractivity contribution in [3.05, 3.63) is 71.8 Å². The fourth-order valence-corrected chi connectivity index (χ4v) is 5.43. The minimum atomic E-state index is -1.12. The van der Waals surface area contributed by atoms with E-state index in [9.17, 15) is 19.2 Å². The number of nitrogens with zero attached hydrogens (tertiary/aromatic N) is 3. The SMILES string of the molecule is CC(C)CCC(=O)N([C@@H](CCCc1ccccc1)C(=O)NOCc1ccccc1)N1C(=O)NC2(CCN(C)CC2)C1=O. The molecule has 2 heterocycles. The van der Waals surface area contributed by atoms with Crippen molar-refractivity contribution in [2.45, 2.75) is 77.0 Å². The lowest BCUT2D eigenvalue weighted by atomic mass is 9.88. The highest BCUT2D eigenvalue weighted by atomic mass is 16.7. The number of amides is 5. The van der Waals surface area contributed by atoms with Gasteiger partial charge in [-0.15, -0.1) is 0 Å². The molecule has 2 N–H and O–H groups in total. The average Bonchev–Trinajstić information content (AvgIpc) is 3.22. The van der Waals surface area contributed by atoms with Crippen molar-refractivity contribution in [2.75, 3.05) is 20.1 Å². The summed E-state index contributed by atoms with van der Waals surface area (Å²) in [6.45, 7) is 5.40. The van der Waals surface area contributed by atoms with E-state index in [-0.39, 0.29) is 25.4 Å². The van der Waals surface area contributed by atoms with E-state index in [4.69, 9.17) is 4.84 Å². The Kier molecular flexibility index (Phi) is 10.7. The third-order valence-corrected chi connectivity index (χ3v) is 8.03. The molecule has 2 saturated heterocycles. The van der Waals surface area contributed by atoms with Gasteiger partial charge in [-0.1, -0.05) is 74.5 Å². The molecule has 10 heteroatoms. The smallest absolute Gasteiger partial charge is 0.321 e. The van der Waals surface area contributed by atoms with Crippen LogP contribution in [0.3, 0.4) is 0 Å². The Labute approximate surface area is 248 Å². The lowest BCUT2D eigenvalue weighted by molar-refractivity contribution is -0.169. The quantitative estimate of drug-likeness (QED) is 0.277. The second-order valence-electron chi connectivity index (χ2n) is 11.7. The van der Waals surface area contributed by atoms with Crippen molar-refractivity contribution in [1.82, 2.24) is 25.7 Å². The zero-order valence-electron chi connectivity index (χ0n) is 24.9. The van der Waals surface area contributed by atoms with Gasteiger partial charge in [0, 0.05) is 19.5 Å². The molecule has 2 aromatic rings. The highest BCUT2D eigenvalue weighted by Gasteiger charge is 2.56. The normalized spacial score (nSPS) is 17.4. The zero-order chi connectivity index (χ0) is 30.1. The summed E-state index contributed by atoms with van der Waals surface area (Å²) in [5.41, 5.74) is 3.37. The van der Waals surface area contributed by atoms with Gasteiger partial charge in [0.1, 0.15) is 11.6 Å². The molecule has 1 spiro atoms. The van der Waals surface area contributed by atoms with Gasteiger partial charge in [-0.25, -0.2) is 15.3 Å². The summed E-state index contributed by atoms with van der Waals surface area (Å²) < 4.78 is 0. The predicted molar refractivity (Wildman–Crippen MR) is 158 cm³/mol. The standard InChI is InChI=1S/C32H43N5O5/c1-24(2)17-18-28(38)36(37-30(40)32(33-31(37)41)19-21-35(3)22-20-32)27(16-10-15-25-11-6-4-7-12-25)29(39)34-42-23-26-13-8-5-9-14-26/h4-9,11-14,24,27H,10,15-23H2,1-3H3,(H,33,41)(H,34,39)/t27-/m0/s1. The lowest BCUT2D eigenvalue weighted by Gasteiger charge is -2.38. The highest BCUT2D eigenvalue weighted by Crippen LogP contribution is 2.32. The number of hydroxylamine groups is 1. The number of aryl methyl sites for hydroxylation is 1. The van der Waals surface area contributed by atoms with Gasteiger partial charge in [-0.2, -0.15) is 5.01 Å². The summed E-state index contributed by atoms with van der Waals surface area (Å²) in [7, 11) is 1.97. The van der Waals surface area contributed by atoms with Crippen LogP contribution in [0.2, 0.25) is 0 Å². The van der Waals surface area contributed by atoms with Gasteiger partial charge < -0.3 is 10.2 Å². The topological polar surface area (TPSA) is 111 Å². The Morgan fingerprint density at radius 2 is 1.60 bits per heavy atom. The number of hydrazine groups is 1. The van der Waals surface area contributed by atoms with Crippen LogP contribution in [-0.4, -0.2) is 70.4 Å². The number of benzene rings is 2. The van der Waals surface area contributed by atoms with Crippen LogP contribution < -0.4 is 10.8 Å². The molecule has 0 bridgehead atoms. The second-order valence-corrected chi connectivity index (χ2v) is 11.7. The number of rotatable bonds is 13. The third kappa shape index (κ3) is 7.74. The summed E-state index contributed by atoms with van der Waals surface area (Å²) in [6.07, 6.45) is 2.97. The van der Waals surface area contributed by atoms with E-state index in [0.29, 0.717) is 45.2 Å². The maximum atomic E-state index is 14.0. The van der Waals surface area contributed by atoms with E-state index < -0.39 is 35.3 Å². The summed E-state index contributed by atoms with van der Waals surface area (Å²) >= 11 is 0. The molecule has 2 aliphatic heterocycles. The van der Waals surface area contributed by atoms with Crippen molar-refractivity contribution >= 4 is 23.8 Å². The first-order chi connectivity index (χ1) is 20.2. The van der Waals surface area contributed by atoms with Crippen LogP contribution in [0.25, 0.3) is 0 Å². The Bertz CT molecular complexity index is 1210. The zero-order valence-corrected chi connectivity index (χ0v) is 24.9. The molecule has 10 nitrogen and oxygen atoms in total. The van der Waals surface area contributed by atoms with Crippen LogP contribution in [0.1, 0.15) is 63.5 Å². The third-order valence-electron chi connectivity index (χ3n) is 8.03. The second kappa shape index (κ2) is 14.4. The molecule has 0 radical (unpaired) electrons. The molecule has 2 aliphatic rings. The van der Waals surface area contributed by atoms with E-state index in [1.54, 1.807) is 0 Å². The maximum absolute atomic E-state index is 14.0. The van der Waals surface area contributed by atoms with E-state index in [2.05, 4.69) is 15.7 Å². The molecule has 2 aromatic carbocycles. The highest BCUT2D eigenvalue weighted by molar-refractivity contribution is 6.08. The van der Waals surface area contributed by atoms with Crippen molar-refractivity contribution in [3.8, 4) is 0 Å². The number of nitrogens with one attached hydrogen (secondary N) is 2. The van der Waals surface area contributed by atoms with Gasteiger partial charge in [0.15, 0.2) is 0 Å². The number of piperidine rings is 1. The Morgan fingerprint density at radius 3 is 2.21 bits per heavy atom. The van der Waals surface area contributed by atoms with Gasteiger partial charge in [0.05, 0.1) is 6.61 Å². The molecule has 0 aliphatic carbocycles. The number of hydrogen-bond acceptors (Lipinski definition) is 6. The van der Waals surface area contributed by atoms with Crippen molar-refractivity contribution < 1.29 is 24.0 Å². The molecule has 0 aromatic heterocycles. The molecule has 2 fully saturated rings. The molecular formula is C32H43N5O5. The molecule has 5 amide bonds. The largest absolute Gasteiger partial charge is 0.344 e. The summed E-state index contributed by atoms with van der Waals surface area (Å²) in [5, 5.41) is 4.90. The van der Waals surface area contributed by atoms with Crippen molar-refractivity contribution in [2.24, 2.45) is 5.92 Å². The van der Waals surface area contributed by atoms with Gasteiger partial charge in [-0.3, -0.25) is 19.2 Å². The number of carbonyl (C=O) groups excluding carboxylic acids is 4. The number of hydrogen-bond donors (Lipinski definition) is 2. The first-order valence-electron chi connectivity index (χ1n) is 14.9. The van der Waals surface area contributed by atoms with Gasteiger partial charge in [0.25, 0.3) is 11.8 Å². The number of urea groups is 1. The molecule has 0 unspecified atom stereocenters. The van der Waals surface area contributed by atoms with Gasteiger partial charge in [0.2, 0.25) is 5.91 Å². The molecule has 1 atom stereocenters. The summed E-state index contributed by atoms with van der Waals surface area (Å²) in [6, 6.07) is 17.4. The van der Waals surface area contributed by atoms with Gasteiger partial charge in [-0.05, 0) is 62.6 Å². The number of carbonyl (C=O) groups is 4. The lowest BCUT2D eigenvalue weighted by Crippen LogP contribution is -2.60. The minimum Gasteiger partial charge on any atom is -0.321 e. The first kappa shape index (κ1) is 31.2. The summed E-state index contributed by atoms with van der Waals surface area (Å²) in [5.74, 6) is -1.29. The first-order valence-corrected chi connectivity index (χ1v) is 14.9. The molecule has 42 heavy (non-hydrogen) atoms. The number of likely N-dealkylation sites (tertiary alicyclic amines) is 1. The van der Waals surface area contributed by atoms with Crippen molar-refractivity contribution in [1.29, 1.82) is 0 Å². The average molecular weight is 578 g/mol. The Morgan fingerprint density at radius 1 is 0.976 bits per heavy atom. The van der Waals surface area contributed by atoms with E-state index in [1.165, 1.54) is 0 Å². The maximum Gasteiger partial charge on any atom is 0.344 e. The van der Waals surface area contributed by atoms with Crippen LogP contribution in [-0.2, 0) is 32.2 Å². The van der Waals surface area contributed by atoms with Gasteiger partial charge >= 0.3 is 6.03 Å². The molecule has 4 rings (SSSR count). The fraction of sp³-hybridized carbons (Fsp3) is 0.500. The van der Waals surface area contributed by atoms with E-state index in [0.717, 1.165) is 21.1 Å². The molecule has 226 valence electrons. The number of imide groups is 1. The molecular weight excluding hydrogens is 534 g/mol. The van der Waals surface area contributed by atoms with Crippen LogP contribution in [0, 0.1) is 5.92 Å². The fourth-order valence-electron chi connectivity index (χ4n) is 5.43. The predicted octanol–water partition coefficient (Wildman–Crippen LogP) is 3.82. The van der Waals surface area contributed by atoms with E-state index in [1.807, 2.05) is 81.6 Å². The van der Waals surface area contributed by atoms with Crippen LogP contribution in [0.4, 0.5) is 4.79 Å². The van der Waals surface area contributed by atoms with Crippen LogP contribution >= 0.6 is 0 Å². The minimum absolute atomic E-state index is 0.0950. The summed E-state index contributed by atoms with van der Waals surface area (Å²) in [4.78, 5) is 62.7. The van der Waals surface area contributed by atoms with Crippen molar-refractivity contribution in [3.63, 3.8) is 0 Å².